The molecule has 0 atom stereocenters. The van der Waals surface area contributed by atoms with Crippen LogP contribution < -0.4 is 10.7 Å². The number of nitro groups is 1. The number of hydrogen-bond donors (Lipinski definition) is 2. The van der Waals surface area contributed by atoms with Crippen molar-refractivity contribution in [3.63, 3.8) is 0 Å². The van der Waals surface area contributed by atoms with Gasteiger partial charge in [0, 0.05) is 43.8 Å². The summed E-state index contributed by atoms with van der Waals surface area (Å²) in [6.45, 7) is 1.92. The highest BCUT2D eigenvalue weighted by Crippen LogP contribution is 2.15. The Morgan fingerprint density at radius 1 is 1.24 bits per heavy atom. The molecule has 17 heavy (non-hydrogen) atoms. The number of piperidine rings is 1. The lowest BCUT2D eigenvalue weighted by Gasteiger charge is -2.13. The standard InChI is InChI=1S/C11H14N4O2/c16-15(17)11-3-1-9(2-4-11)13-14-10-5-7-12-8-6-10/h1-4,12-13H,5-8H2. The van der Waals surface area contributed by atoms with Gasteiger partial charge in [-0.15, -0.1) is 0 Å². The molecule has 2 rings (SSSR count). The largest absolute Gasteiger partial charge is 0.316 e. The molecule has 2 N–H and O–H groups in total. The Morgan fingerprint density at radius 2 is 1.88 bits per heavy atom. The molecule has 0 bridgehead atoms. The molecular weight excluding hydrogens is 220 g/mol. The molecule has 1 saturated heterocycles. The fourth-order valence-corrected chi connectivity index (χ4v) is 1.63. The molecule has 0 aromatic heterocycles. The molecular formula is C11H14N4O2. The zero-order valence-corrected chi connectivity index (χ0v) is 9.35. The number of nitrogens with one attached hydrogen (secondary N) is 2. The molecule has 0 saturated carbocycles. The monoisotopic (exact) mass is 234 g/mol. The Morgan fingerprint density at radius 3 is 2.47 bits per heavy atom. The van der Waals surface area contributed by atoms with E-state index in [4.69, 9.17) is 0 Å². The van der Waals surface area contributed by atoms with Crippen molar-refractivity contribution in [3.05, 3.63) is 34.4 Å². The predicted molar refractivity (Wildman–Crippen MR) is 66.3 cm³/mol. The Balaban J connectivity index is 1.96. The van der Waals surface area contributed by atoms with Crippen LogP contribution in [0.5, 0.6) is 0 Å². The second-order valence-electron chi connectivity index (χ2n) is 3.84. The number of rotatable bonds is 3. The van der Waals surface area contributed by atoms with Crippen LogP contribution in [-0.2, 0) is 0 Å². The Hall–Kier alpha value is -1.95. The fourth-order valence-electron chi connectivity index (χ4n) is 1.63. The Bertz CT molecular complexity index is 420. The topological polar surface area (TPSA) is 79.6 Å². The first-order valence-corrected chi connectivity index (χ1v) is 5.52. The lowest BCUT2D eigenvalue weighted by molar-refractivity contribution is -0.384. The number of non-ortho nitro benzene ring substituents is 1. The summed E-state index contributed by atoms with van der Waals surface area (Å²) in [5, 5.41) is 18.0. The van der Waals surface area contributed by atoms with E-state index < -0.39 is 4.92 Å². The van der Waals surface area contributed by atoms with Gasteiger partial charge in [0.05, 0.1) is 10.6 Å². The molecule has 0 spiro atoms. The van der Waals surface area contributed by atoms with Crippen molar-refractivity contribution < 1.29 is 4.92 Å². The second-order valence-corrected chi connectivity index (χ2v) is 3.84. The van der Waals surface area contributed by atoms with E-state index >= 15 is 0 Å². The van der Waals surface area contributed by atoms with Crippen LogP contribution in [0.15, 0.2) is 29.4 Å². The summed E-state index contributed by atoms with van der Waals surface area (Å²) < 4.78 is 0. The van der Waals surface area contributed by atoms with Crippen LogP contribution >= 0.6 is 0 Å². The molecule has 1 fully saturated rings. The van der Waals surface area contributed by atoms with Crippen LogP contribution in [0, 0.1) is 10.1 Å². The molecule has 1 aliphatic heterocycles. The summed E-state index contributed by atoms with van der Waals surface area (Å²) >= 11 is 0. The third kappa shape index (κ3) is 3.25. The molecule has 6 heteroatoms. The third-order valence-electron chi connectivity index (χ3n) is 2.60. The van der Waals surface area contributed by atoms with Crippen LogP contribution in [0.3, 0.4) is 0 Å². The highest BCUT2D eigenvalue weighted by Gasteiger charge is 2.06. The first-order valence-electron chi connectivity index (χ1n) is 5.52. The minimum absolute atomic E-state index is 0.0880. The van der Waals surface area contributed by atoms with Gasteiger partial charge in [-0.3, -0.25) is 15.5 Å². The molecule has 1 aromatic rings. The summed E-state index contributed by atoms with van der Waals surface area (Å²) in [4.78, 5) is 10.1. The minimum Gasteiger partial charge on any atom is -0.316 e. The van der Waals surface area contributed by atoms with Crippen LogP contribution in [0.4, 0.5) is 11.4 Å². The van der Waals surface area contributed by atoms with E-state index in [2.05, 4.69) is 15.8 Å². The van der Waals surface area contributed by atoms with E-state index in [0.29, 0.717) is 0 Å². The number of nitrogens with zero attached hydrogens (tertiary/aromatic N) is 2. The number of nitro benzene ring substituents is 1. The van der Waals surface area contributed by atoms with Crippen molar-refractivity contribution in [1.82, 2.24) is 5.32 Å². The third-order valence-corrected chi connectivity index (χ3v) is 2.60. The van der Waals surface area contributed by atoms with E-state index in [-0.39, 0.29) is 5.69 Å². The van der Waals surface area contributed by atoms with Crippen LogP contribution in [0.1, 0.15) is 12.8 Å². The number of hydrogen-bond acceptors (Lipinski definition) is 5. The number of hydrazone groups is 1. The normalized spacial score (nSPS) is 15.4. The number of benzene rings is 1. The molecule has 0 aliphatic carbocycles. The molecule has 0 radical (unpaired) electrons. The quantitative estimate of drug-likeness (QED) is 0.616. The van der Waals surface area contributed by atoms with Crippen molar-refractivity contribution in [2.24, 2.45) is 5.10 Å². The molecule has 6 nitrogen and oxygen atoms in total. The van der Waals surface area contributed by atoms with Crippen molar-refractivity contribution in [2.75, 3.05) is 18.5 Å². The van der Waals surface area contributed by atoms with E-state index in [1.165, 1.54) is 12.1 Å². The molecule has 0 amide bonds. The molecule has 1 aliphatic rings. The molecule has 1 aromatic carbocycles. The van der Waals surface area contributed by atoms with Crippen LogP contribution in [0.2, 0.25) is 0 Å². The average Bonchev–Trinajstić information content (AvgIpc) is 2.38. The Kier molecular flexibility index (Phi) is 3.66. The van der Waals surface area contributed by atoms with E-state index in [1.54, 1.807) is 12.1 Å². The highest BCUT2D eigenvalue weighted by atomic mass is 16.6. The summed E-state index contributed by atoms with van der Waals surface area (Å²) in [7, 11) is 0. The maximum atomic E-state index is 10.5. The van der Waals surface area contributed by atoms with Crippen LogP contribution in [-0.4, -0.2) is 23.7 Å². The summed E-state index contributed by atoms with van der Waals surface area (Å²) in [6.07, 6.45) is 1.89. The van der Waals surface area contributed by atoms with Crippen molar-refractivity contribution in [2.45, 2.75) is 12.8 Å². The second kappa shape index (κ2) is 5.40. The van der Waals surface area contributed by atoms with Gasteiger partial charge in [-0.25, -0.2) is 0 Å². The first kappa shape index (κ1) is 11.5. The maximum absolute atomic E-state index is 10.5. The number of anilines is 1. The van der Waals surface area contributed by atoms with E-state index in [1.807, 2.05) is 0 Å². The van der Waals surface area contributed by atoms with E-state index in [9.17, 15) is 10.1 Å². The van der Waals surface area contributed by atoms with Gasteiger partial charge in [-0.05, 0) is 12.1 Å². The van der Waals surface area contributed by atoms with Gasteiger partial charge < -0.3 is 5.32 Å². The lowest BCUT2D eigenvalue weighted by atomic mass is 10.1. The predicted octanol–water partition coefficient (Wildman–Crippen LogP) is 1.75. The van der Waals surface area contributed by atoms with Gasteiger partial charge in [0.15, 0.2) is 0 Å². The van der Waals surface area contributed by atoms with Gasteiger partial charge in [0.1, 0.15) is 0 Å². The first-order chi connectivity index (χ1) is 8.25. The zero-order valence-electron chi connectivity index (χ0n) is 9.35. The lowest BCUT2D eigenvalue weighted by Crippen LogP contribution is -2.28. The summed E-state index contributed by atoms with van der Waals surface area (Å²) in [6, 6.07) is 6.24. The molecule has 90 valence electrons. The highest BCUT2D eigenvalue weighted by molar-refractivity contribution is 5.86. The summed E-state index contributed by atoms with van der Waals surface area (Å²) in [5.41, 5.74) is 4.90. The van der Waals surface area contributed by atoms with E-state index in [0.717, 1.165) is 37.3 Å². The molecule has 1 heterocycles. The average molecular weight is 234 g/mol. The van der Waals surface area contributed by atoms with Gasteiger partial charge >= 0.3 is 0 Å². The van der Waals surface area contributed by atoms with Gasteiger partial charge in [-0.1, -0.05) is 0 Å². The smallest absolute Gasteiger partial charge is 0.269 e. The fraction of sp³-hybridized carbons (Fsp3) is 0.364. The zero-order chi connectivity index (χ0) is 12.1. The van der Waals surface area contributed by atoms with Crippen molar-refractivity contribution in [3.8, 4) is 0 Å². The van der Waals surface area contributed by atoms with Crippen LogP contribution in [0.25, 0.3) is 0 Å². The van der Waals surface area contributed by atoms with Gasteiger partial charge in [0.25, 0.3) is 5.69 Å². The van der Waals surface area contributed by atoms with Gasteiger partial charge in [0.2, 0.25) is 0 Å². The molecule has 0 unspecified atom stereocenters. The Labute approximate surface area is 98.9 Å². The summed E-state index contributed by atoms with van der Waals surface area (Å²) in [5.74, 6) is 0. The van der Waals surface area contributed by atoms with Gasteiger partial charge in [-0.2, -0.15) is 5.10 Å². The maximum Gasteiger partial charge on any atom is 0.269 e. The minimum atomic E-state index is -0.414. The van der Waals surface area contributed by atoms with Crippen molar-refractivity contribution >= 4 is 17.1 Å². The SMILES string of the molecule is O=[N+]([O-])c1ccc(NN=C2CCNCC2)cc1. The van der Waals surface area contributed by atoms with Crippen molar-refractivity contribution in [1.29, 1.82) is 0 Å².